The molecule has 0 saturated heterocycles. The van der Waals surface area contributed by atoms with E-state index in [1.807, 2.05) is 32.9 Å². The molecule has 10 heteroatoms. The predicted octanol–water partition coefficient (Wildman–Crippen LogP) is 5.13. The van der Waals surface area contributed by atoms with Gasteiger partial charge in [-0.3, -0.25) is 14.8 Å². The Bertz CT molecular complexity index is 1580. The van der Waals surface area contributed by atoms with Crippen LogP contribution in [0.1, 0.15) is 32.6 Å². The number of rotatable bonds is 7. The number of aryl methyl sites for hydroxylation is 4. The molecule has 186 valence electrons. The van der Waals surface area contributed by atoms with Gasteiger partial charge in [0.1, 0.15) is 0 Å². The fourth-order valence-electron chi connectivity index (χ4n) is 3.64. The molecular formula is C26H25N3O5S2. The van der Waals surface area contributed by atoms with Crippen molar-refractivity contribution in [3.63, 3.8) is 0 Å². The van der Waals surface area contributed by atoms with Gasteiger partial charge in [0, 0.05) is 5.69 Å². The summed E-state index contributed by atoms with van der Waals surface area (Å²) in [6, 6.07) is 15.1. The van der Waals surface area contributed by atoms with Gasteiger partial charge in [0.15, 0.2) is 11.7 Å². The highest BCUT2D eigenvalue weighted by Gasteiger charge is 2.21. The third-order valence-electron chi connectivity index (χ3n) is 5.43. The number of esters is 1. The minimum absolute atomic E-state index is 0.0174. The molecule has 0 radical (unpaired) electrons. The maximum Gasteiger partial charge on any atom is 0.338 e. The second-order valence-electron chi connectivity index (χ2n) is 8.52. The number of anilines is 2. The fourth-order valence-corrected chi connectivity index (χ4v) is 6.03. The van der Waals surface area contributed by atoms with E-state index in [0.29, 0.717) is 16.4 Å². The van der Waals surface area contributed by atoms with Gasteiger partial charge in [-0.1, -0.05) is 41.2 Å². The number of ether oxygens (including phenoxy) is 1. The Labute approximate surface area is 213 Å². The van der Waals surface area contributed by atoms with E-state index in [1.165, 1.54) is 29.5 Å². The van der Waals surface area contributed by atoms with Crippen molar-refractivity contribution in [3.8, 4) is 0 Å². The summed E-state index contributed by atoms with van der Waals surface area (Å²) in [6.45, 7) is 6.94. The number of nitrogens with zero attached hydrogens (tertiary/aromatic N) is 1. The number of benzene rings is 3. The van der Waals surface area contributed by atoms with Crippen molar-refractivity contribution in [2.75, 3.05) is 16.6 Å². The fraction of sp³-hybridized carbons (Fsp3) is 0.192. The van der Waals surface area contributed by atoms with Crippen molar-refractivity contribution in [2.45, 2.75) is 32.6 Å². The van der Waals surface area contributed by atoms with Gasteiger partial charge >= 0.3 is 5.97 Å². The Hall–Kier alpha value is -3.76. The Morgan fingerprint density at radius 2 is 1.64 bits per heavy atom. The van der Waals surface area contributed by atoms with Crippen LogP contribution >= 0.6 is 11.3 Å². The minimum atomic E-state index is -3.95. The molecule has 0 saturated carbocycles. The molecule has 0 unspecified atom stereocenters. The Kier molecular flexibility index (Phi) is 7.09. The van der Waals surface area contributed by atoms with Crippen LogP contribution in [0.3, 0.4) is 0 Å². The first-order chi connectivity index (χ1) is 17.0. The average Bonchev–Trinajstić information content (AvgIpc) is 3.21. The second kappa shape index (κ2) is 10.1. The number of sulfonamides is 1. The smallest absolute Gasteiger partial charge is 0.338 e. The van der Waals surface area contributed by atoms with Crippen molar-refractivity contribution in [3.05, 3.63) is 82.4 Å². The van der Waals surface area contributed by atoms with Crippen molar-refractivity contribution >= 4 is 54.3 Å². The number of hydrogen-bond donors (Lipinski definition) is 2. The summed E-state index contributed by atoms with van der Waals surface area (Å²) in [5.74, 6) is -1.36. The van der Waals surface area contributed by atoms with Gasteiger partial charge in [0.25, 0.3) is 15.9 Å². The van der Waals surface area contributed by atoms with Gasteiger partial charge in [0.2, 0.25) is 0 Å². The van der Waals surface area contributed by atoms with E-state index in [-0.39, 0.29) is 10.5 Å². The molecule has 3 aromatic carbocycles. The van der Waals surface area contributed by atoms with Crippen LogP contribution in [0.25, 0.3) is 10.2 Å². The summed E-state index contributed by atoms with van der Waals surface area (Å²) in [5, 5.41) is 3.05. The lowest BCUT2D eigenvalue weighted by molar-refractivity contribution is -0.119. The van der Waals surface area contributed by atoms with Crippen LogP contribution in [0.2, 0.25) is 0 Å². The van der Waals surface area contributed by atoms with Crippen LogP contribution < -0.4 is 10.0 Å². The maximum absolute atomic E-state index is 12.9. The first-order valence-corrected chi connectivity index (χ1v) is 13.4. The van der Waals surface area contributed by atoms with Gasteiger partial charge in [-0.25, -0.2) is 18.2 Å². The van der Waals surface area contributed by atoms with E-state index in [4.69, 9.17) is 4.74 Å². The van der Waals surface area contributed by atoms with Gasteiger partial charge in [-0.2, -0.15) is 0 Å². The molecule has 1 heterocycles. The van der Waals surface area contributed by atoms with Crippen LogP contribution in [0.4, 0.5) is 10.8 Å². The molecule has 0 spiro atoms. The number of carbonyl (C=O) groups excluding carboxylic acids is 2. The highest BCUT2D eigenvalue weighted by atomic mass is 32.2. The van der Waals surface area contributed by atoms with Crippen molar-refractivity contribution < 1.29 is 22.7 Å². The number of hydrogen-bond acceptors (Lipinski definition) is 7. The topological polar surface area (TPSA) is 114 Å². The first kappa shape index (κ1) is 25.3. The number of thiazole rings is 1. The summed E-state index contributed by atoms with van der Waals surface area (Å²) in [7, 11) is -3.95. The molecule has 0 bridgehead atoms. The molecule has 36 heavy (non-hydrogen) atoms. The van der Waals surface area contributed by atoms with Gasteiger partial charge < -0.3 is 4.74 Å². The molecule has 1 amide bonds. The van der Waals surface area contributed by atoms with Crippen LogP contribution in [0.15, 0.2) is 59.5 Å². The standard InChI is InChI=1S/C26H25N3O5S2/c1-15-5-9-20(10-6-15)29-36(32,33)22-13-19(8-7-17(22)3)25(31)34-14-23(30)27-26-28-24-18(4)11-16(2)12-21(24)35-26/h5-13,29H,14H2,1-4H3,(H,27,28,30). The molecule has 2 N–H and O–H groups in total. The zero-order valence-corrected chi connectivity index (χ0v) is 21.8. The van der Waals surface area contributed by atoms with Crippen molar-refractivity contribution in [1.29, 1.82) is 0 Å². The lowest BCUT2D eigenvalue weighted by Gasteiger charge is -2.12. The molecule has 4 aromatic rings. The summed E-state index contributed by atoms with van der Waals surface area (Å²) in [5.41, 5.74) is 4.81. The number of carbonyl (C=O) groups is 2. The average molecular weight is 524 g/mol. The van der Waals surface area contributed by atoms with E-state index in [1.54, 1.807) is 31.2 Å². The predicted molar refractivity (Wildman–Crippen MR) is 141 cm³/mol. The minimum Gasteiger partial charge on any atom is -0.452 e. The van der Waals surface area contributed by atoms with E-state index >= 15 is 0 Å². The zero-order chi connectivity index (χ0) is 26.0. The SMILES string of the molecule is Cc1ccc(NS(=O)(=O)c2cc(C(=O)OCC(=O)Nc3nc4c(C)cc(C)cc4s3)ccc2C)cc1. The third-order valence-corrected chi connectivity index (χ3v) is 7.87. The monoisotopic (exact) mass is 523 g/mol. The van der Waals surface area contributed by atoms with E-state index in [2.05, 4.69) is 15.0 Å². The van der Waals surface area contributed by atoms with Crippen LogP contribution in [-0.4, -0.2) is 31.9 Å². The lowest BCUT2D eigenvalue weighted by atomic mass is 10.1. The number of amides is 1. The number of fused-ring (bicyclic) bond motifs is 1. The normalized spacial score (nSPS) is 11.3. The highest BCUT2D eigenvalue weighted by molar-refractivity contribution is 7.92. The molecule has 4 rings (SSSR count). The molecule has 8 nitrogen and oxygen atoms in total. The molecular weight excluding hydrogens is 498 g/mol. The van der Waals surface area contributed by atoms with Crippen LogP contribution in [-0.2, 0) is 19.6 Å². The summed E-state index contributed by atoms with van der Waals surface area (Å²) >= 11 is 1.34. The molecule has 0 atom stereocenters. The Morgan fingerprint density at radius 3 is 2.36 bits per heavy atom. The number of aromatic nitrogens is 1. The third kappa shape index (κ3) is 5.72. The molecule has 0 aliphatic carbocycles. The van der Waals surface area contributed by atoms with Crippen molar-refractivity contribution in [1.82, 2.24) is 4.98 Å². The number of nitrogens with one attached hydrogen (secondary N) is 2. The van der Waals surface area contributed by atoms with Gasteiger partial charge in [0.05, 0.1) is 20.7 Å². The molecule has 0 aliphatic heterocycles. The van der Waals surface area contributed by atoms with E-state index < -0.39 is 28.5 Å². The van der Waals surface area contributed by atoms with Gasteiger partial charge in [-0.15, -0.1) is 0 Å². The summed E-state index contributed by atoms with van der Waals surface area (Å²) in [4.78, 5) is 29.3. The zero-order valence-electron chi connectivity index (χ0n) is 20.2. The summed E-state index contributed by atoms with van der Waals surface area (Å²) in [6.07, 6.45) is 0. The van der Waals surface area contributed by atoms with Crippen LogP contribution in [0.5, 0.6) is 0 Å². The quantitative estimate of drug-likeness (QED) is 0.325. The maximum atomic E-state index is 12.9. The Balaban J connectivity index is 1.43. The van der Waals surface area contributed by atoms with Gasteiger partial charge in [-0.05, 0) is 74.7 Å². The summed E-state index contributed by atoms with van der Waals surface area (Å²) < 4.78 is 34.5. The van der Waals surface area contributed by atoms with Crippen molar-refractivity contribution in [2.24, 2.45) is 0 Å². The van der Waals surface area contributed by atoms with E-state index in [9.17, 15) is 18.0 Å². The highest BCUT2D eigenvalue weighted by Crippen LogP contribution is 2.29. The second-order valence-corrected chi connectivity index (χ2v) is 11.2. The van der Waals surface area contributed by atoms with Crippen LogP contribution in [0, 0.1) is 27.7 Å². The largest absolute Gasteiger partial charge is 0.452 e. The molecule has 1 aromatic heterocycles. The molecule has 0 aliphatic rings. The van der Waals surface area contributed by atoms with E-state index in [0.717, 1.165) is 26.9 Å². The first-order valence-electron chi connectivity index (χ1n) is 11.1. The lowest BCUT2D eigenvalue weighted by Crippen LogP contribution is -2.21. The Morgan fingerprint density at radius 1 is 0.917 bits per heavy atom. The molecule has 0 fully saturated rings.